The van der Waals surface area contributed by atoms with Gasteiger partial charge < -0.3 is 9.84 Å². The number of carbonyl (C=O) groups is 1. The van der Waals surface area contributed by atoms with Gasteiger partial charge in [-0.2, -0.15) is 0 Å². The predicted molar refractivity (Wildman–Crippen MR) is 81.2 cm³/mol. The van der Waals surface area contributed by atoms with E-state index in [2.05, 4.69) is 6.92 Å². The fraction of sp³-hybridized carbons (Fsp3) is 0.471. The Morgan fingerprint density at radius 2 is 1.85 bits per heavy atom. The predicted octanol–water partition coefficient (Wildman–Crippen LogP) is 5.03. The Hall–Kier alpha value is -1.77. The van der Waals surface area contributed by atoms with Crippen LogP contribution in [0, 0.1) is 0 Å². The molecule has 0 aliphatic rings. The highest BCUT2D eigenvalue weighted by molar-refractivity contribution is 5.90. The van der Waals surface area contributed by atoms with E-state index in [-0.39, 0.29) is 5.56 Å². The van der Waals surface area contributed by atoms with E-state index < -0.39 is 5.97 Å². The Morgan fingerprint density at radius 1 is 1.15 bits per heavy atom. The van der Waals surface area contributed by atoms with Crippen molar-refractivity contribution in [3.05, 3.63) is 42.2 Å². The first kappa shape index (κ1) is 16.3. The van der Waals surface area contributed by atoms with E-state index in [1.165, 1.54) is 32.1 Å². The van der Waals surface area contributed by atoms with Gasteiger partial charge in [-0.1, -0.05) is 51.2 Å². The van der Waals surface area contributed by atoms with E-state index >= 15 is 0 Å². The summed E-state index contributed by atoms with van der Waals surface area (Å²) in [5.74, 6) is -0.580. The Bertz CT molecular complexity index is 424. The third-order valence-corrected chi connectivity index (χ3v) is 3.13. The molecule has 1 aromatic rings. The number of allylic oxidation sites excluding steroid dienone is 1. The molecule has 0 radical (unpaired) electrons. The molecule has 0 aromatic heterocycles. The molecule has 0 atom stereocenters. The van der Waals surface area contributed by atoms with Crippen molar-refractivity contribution in [2.75, 3.05) is 0 Å². The molecule has 0 unspecified atom stereocenters. The number of carboxylic acid groups (broad SMARTS) is 1. The fourth-order valence-electron chi connectivity index (χ4n) is 1.98. The number of hydrogen-bond donors (Lipinski definition) is 1. The van der Waals surface area contributed by atoms with Gasteiger partial charge in [0.05, 0.1) is 6.26 Å². The lowest BCUT2D eigenvalue weighted by molar-refractivity contribution is 0.0694. The zero-order valence-corrected chi connectivity index (χ0v) is 12.2. The second kappa shape index (κ2) is 10.1. The minimum Gasteiger partial charge on any atom is -0.478 e. The molecule has 0 aliphatic heterocycles. The first-order valence-electron chi connectivity index (χ1n) is 7.39. The minimum absolute atomic E-state index is 0.191. The number of benzene rings is 1. The van der Waals surface area contributed by atoms with Gasteiger partial charge in [-0.25, -0.2) is 4.79 Å². The van der Waals surface area contributed by atoms with Crippen molar-refractivity contribution in [3.63, 3.8) is 0 Å². The van der Waals surface area contributed by atoms with Crippen molar-refractivity contribution >= 4 is 5.97 Å². The van der Waals surface area contributed by atoms with Crippen LogP contribution in [0.3, 0.4) is 0 Å². The smallest absolute Gasteiger partial charge is 0.339 e. The van der Waals surface area contributed by atoms with Crippen molar-refractivity contribution in [1.82, 2.24) is 0 Å². The van der Waals surface area contributed by atoms with E-state index in [0.29, 0.717) is 5.75 Å². The number of rotatable bonds is 10. The number of hydrogen-bond acceptors (Lipinski definition) is 2. The first-order valence-corrected chi connectivity index (χ1v) is 7.39. The molecule has 110 valence electrons. The van der Waals surface area contributed by atoms with Gasteiger partial charge >= 0.3 is 5.97 Å². The van der Waals surface area contributed by atoms with Crippen molar-refractivity contribution in [3.8, 4) is 5.75 Å². The van der Waals surface area contributed by atoms with Gasteiger partial charge in [0.15, 0.2) is 0 Å². The average molecular weight is 276 g/mol. The molecule has 0 bridgehead atoms. The van der Waals surface area contributed by atoms with Gasteiger partial charge in [-0.3, -0.25) is 0 Å². The second-order valence-electron chi connectivity index (χ2n) is 4.85. The molecular weight excluding hydrogens is 252 g/mol. The van der Waals surface area contributed by atoms with Gasteiger partial charge in [0.2, 0.25) is 0 Å². The highest BCUT2D eigenvalue weighted by Crippen LogP contribution is 2.18. The topological polar surface area (TPSA) is 46.5 Å². The third-order valence-electron chi connectivity index (χ3n) is 3.13. The normalized spacial score (nSPS) is 10.8. The molecule has 3 nitrogen and oxygen atoms in total. The third kappa shape index (κ3) is 6.41. The van der Waals surface area contributed by atoms with E-state index in [4.69, 9.17) is 9.84 Å². The van der Waals surface area contributed by atoms with Gasteiger partial charge in [-0.05, 0) is 31.1 Å². The maximum absolute atomic E-state index is 11.0. The van der Waals surface area contributed by atoms with Crippen LogP contribution in [0.25, 0.3) is 0 Å². The molecule has 1 rings (SSSR count). The van der Waals surface area contributed by atoms with Gasteiger partial charge in [-0.15, -0.1) is 0 Å². The first-order chi connectivity index (χ1) is 9.75. The Balaban J connectivity index is 2.23. The van der Waals surface area contributed by atoms with Crippen LogP contribution in [0.2, 0.25) is 0 Å². The number of ether oxygens (including phenoxy) is 1. The van der Waals surface area contributed by atoms with Crippen LogP contribution in [-0.4, -0.2) is 11.1 Å². The maximum Gasteiger partial charge on any atom is 0.339 e. The summed E-state index contributed by atoms with van der Waals surface area (Å²) in [6, 6.07) is 6.66. The molecule has 0 amide bonds. The Labute approximate surface area is 121 Å². The molecule has 3 heteroatoms. The summed E-state index contributed by atoms with van der Waals surface area (Å²) in [7, 11) is 0. The molecule has 0 fully saturated rings. The number of carboxylic acids is 1. The number of unbranched alkanes of at least 4 members (excludes halogenated alkanes) is 6. The summed E-state index contributed by atoms with van der Waals surface area (Å²) < 4.78 is 5.38. The maximum atomic E-state index is 11.0. The molecule has 0 saturated heterocycles. The zero-order valence-electron chi connectivity index (χ0n) is 12.2. The van der Waals surface area contributed by atoms with E-state index in [1.54, 1.807) is 30.5 Å². The Kier molecular flexibility index (Phi) is 8.20. The highest BCUT2D eigenvalue weighted by Gasteiger charge is 2.08. The molecule has 0 spiro atoms. The summed E-state index contributed by atoms with van der Waals surface area (Å²) in [6.07, 6.45) is 12.1. The molecule has 20 heavy (non-hydrogen) atoms. The van der Waals surface area contributed by atoms with Gasteiger partial charge in [0.1, 0.15) is 11.3 Å². The monoisotopic (exact) mass is 276 g/mol. The highest BCUT2D eigenvalue weighted by atomic mass is 16.5. The van der Waals surface area contributed by atoms with Crippen LogP contribution in [-0.2, 0) is 0 Å². The van der Waals surface area contributed by atoms with Crippen molar-refractivity contribution < 1.29 is 14.6 Å². The lowest BCUT2D eigenvalue weighted by Crippen LogP contribution is -1.99. The quantitative estimate of drug-likeness (QED) is 0.481. The zero-order chi connectivity index (χ0) is 14.6. The van der Waals surface area contributed by atoms with Crippen molar-refractivity contribution in [2.45, 2.75) is 51.9 Å². The van der Waals surface area contributed by atoms with Crippen LogP contribution >= 0.6 is 0 Å². The average Bonchev–Trinajstić information content (AvgIpc) is 2.46. The van der Waals surface area contributed by atoms with Crippen molar-refractivity contribution in [1.29, 1.82) is 0 Å². The molecule has 0 saturated carbocycles. The van der Waals surface area contributed by atoms with E-state index in [9.17, 15) is 4.79 Å². The summed E-state index contributed by atoms with van der Waals surface area (Å²) >= 11 is 0. The Morgan fingerprint density at radius 3 is 2.60 bits per heavy atom. The largest absolute Gasteiger partial charge is 0.478 e. The minimum atomic E-state index is -0.968. The summed E-state index contributed by atoms with van der Waals surface area (Å²) in [6.45, 7) is 2.22. The summed E-state index contributed by atoms with van der Waals surface area (Å²) in [5, 5.41) is 9.01. The van der Waals surface area contributed by atoms with Gasteiger partial charge in [0.25, 0.3) is 0 Å². The van der Waals surface area contributed by atoms with E-state index in [1.807, 2.05) is 6.08 Å². The lowest BCUT2D eigenvalue weighted by atomic mass is 10.1. The molecular formula is C17H24O3. The van der Waals surface area contributed by atoms with Crippen LogP contribution in [0.5, 0.6) is 5.75 Å². The lowest BCUT2D eigenvalue weighted by Gasteiger charge is -2.03. The molecule has 1 aromatic carbocycles. The van der Waals surface area contributed by atoms with Gasteiger partial charge in [0, 0.05) is 0 Å². The number of para-hydroxylation sites is 1. The summed E-state index contributed by atoms with van der Waals surface area (Å²) in [4.78, 5) is 11.0. The SMILES string of the molecule is CCCCCCCCC=COc1ccccc1C(=O)O. The van der Waals surface area contributed by atoms with Crippen LogP contribution in [0.15, 0.2) is 36.6 Å². The fourth-order valence-corrected chi connectivity index (χ4v) is 1.98. The van der Waals surface area contributed by atoms with Crippen LogP contribution in [0.4, 0.5) is 0 Å². The number of aromatic carboxylic acids is 1. The van der Waals surface area contributed by atoms with Crippen LogP contribution < -0.4 is 4.74 Å². The van der Waals surface area contributed by atoms with Crippen molar-refractivity contribution in [2.24, 2.45) is 0 Å². The molecule has 0 aliphatic carbocycles. The second-order valence-corrected chi connectivity index (χ2v) is 4.85. The summed E-state index contributed by atoms with van der Waals surface area (Å²) in [5.41, 5.74) is 0.191. The standard InChI is InChI=1S/C17H24O3/c1-2-3-4-5-6-7-8-11-14-20-16-13-10-9-12-15(16)17(18)19/h9-14H,2-8H2,1H3,(H,18,19). The van der Waals surface area contributed by atoms with E-state index in [0.717, 1.165) is 12.8 Å². The molecule has 0 heterocycles. The van der Waals surface area contributed by atoms with Crippen LogP contribution in [0.1, 0.15) is 62.2 Å². The molecule has 1 N–H and O–H groups in total.